The van der Waals surface area contributed by atoms with Crippen LogP contribution in [-0.2, 0) is 19.6 Å². The van der Waals surface area contributed by atoms with Crippen LogP contribution in [0.5, 0.6) is 0 Å². The van der Waals surface area contributed by atoms with Gasteiger partial charge < -0.3 is 4.74 Å². The van der Waals surface area contributed by atoms with E-state index >= 15 is 0 Å². The Hall–Kier alpha value is -0.630. The fourth-order valence-electron chi connectivity index (χ4n) is 2.26. The molecule has 0 spiro atoms. The molecule has 5 nitrogen and oxygen atoms in total. The molecule has 1 heterocycles. The van der Waals surface area contributed by atoms with Gasteiger partial charge in [-0.1, -0.05) is 18.0 Å². The maximum Gasteiger partial charge on any atom is 0.321 e. The highest BCUT2D eigenvalue weighted by Gasteiger charge is 2.26. The molecule has 2 rings (SSSR count). The van der Waals surface area contributed by atoms with E-state index in [1.54, 1.807) is 0 Å². The minimum absolute atomic E-state index is 0.0708. The van der Waals surface area contributed by atoms with Crippen molar-refractivity contribution in [2.24, 2.45) is 0 Å². The monoisotopic (exact) mass is 351 g/mol. The van der Waals surface area contributed by atoms with E-state index in [0.29, 0.717) is 4.34 Å². The average molecular weight is 352 g/mol. The molecule has 8 heteroatoms. The van der Waals surface area contributed by atoms with Crippen molar-refractivity contribution in [2.45, 2.75) is 42.4 Å². The Morgan fingerprint density at radius 3 is 2.62 bits per heavy atom. The molecule has 1 aliphatic carbocycles. The van der Waals surface area contributed by atoms with Crippen molar-refractivity contribution in [2.75, 3.05) is 13.6 Å². The Bertz CT molecular complexity index is 593. The van der Waals surface area contributed by atoms with E-state index in [1.165, 1.54) is 25.6 Å². The molecule has 0 aromatic carbocycles. The van der Waals surface area contributed by atoms with Crippen molar-refractivity contribution in [1.29, 1.82) is 0 Å². The molecule has 21 heavy (non-hydrogen) atoms. The first-order valence-electron chi connectivity index (χ1n) is 6.81. The number of esters is 1. The van der Waals surface area contributed by atoms with E-state index < -0.39 is 16.0 Å². The van der Waals surface area contributed by atoms with Gasteiger partial charge in [0.2, 0.25) is 0 Å². The molecular formula is C13H18ClNO4S2. The molecule has 1 aromatic rings. The minimum atomic E-state index is -3.69. The summed E-state index contributed by atoms with van der Waals surface area (Å²) in [7, 11) is -2.32. The number of ether oxygens (including phenoxy) is 1. The van der Waals surface area contributed by atoms with Gasteiger partial charge in [0.05, 0.1) is 4.34 Å². The number of halogens is 1. The first-order valence-corrected chi connectivity index (χ1v) is 9.44. The largest absolute Gasteiger partial charge is 0.461 e. The molecule has 0 unspecified atom stereocenters. The zero-order chi connectivity index (χ0) is 15.5. The molecule has 0 N–H and O–H groups in total. The third-order valence-electron chi connectivity index (χ3n) is 3.42. The van der Waals surface area contributed by atoms with Gasteiger partial charge >= 0.3 is 5.97 Å². The van der Waals surface area contributed by atoms with Crippen LogP contribution in [-0.4, -0.2) is 38.4 Å². The number of rotatable bonds is 5. The number of nitrogens with zero attached hydrogens (tertiary/aromatic N) is 1. The number of carbonyl (C=O) groups excluding carboxylic acids is 1. The van der Waals surface area contributed by atoms with Gasteiger partial charge in [-0.05, 0) is 37.8 Å². The van der Waals surface area contributed by atoms with Crippen LogP contribution in [0.4, 0.5) is 0 Å². The zero-order valence-corrected chi connectivity index (χ0v) is 14.1. The lowest BCUT2D eigenvalue weighted by molar-refractivity contribution is -0.150. The van der Waals surface area contributed by atoms with Gasteiger partial charge in [-0.3, -0.25) is 4.79 Å². The molecule has 1 fully saturated rings. The maximum absolute atomic E-state index is 12.2. The smallest absolute Gasteiger partial charge is 0.321 e. The molecular weight excluding hydrogens is 334 g/mol. The predicted octanol–water partition coefficient (Wildman–Crippen LogP) is 2.90. The highest BCUT2D eigenvalue weighted by Crippen LogP contribution is 2.27. The Labute approximate surface area is 133 Å². The highest BCUT2D eigenvalue weighted by molar-refractivity contribution is 7.91. The Morgan fingerprint density at radius 1 is 1.38 bits per heavy atom. The summed E-state index contributed by atoms with van der Waals surface area (Å²) in [5.41, 5.74) is 0. The second kappa shape index (κ2) is 7.09. The van der Waals surface area contributed by atoms with Crippen molar-refractivity contribution in [3.8, 4) is 0 Å². The van der Waals surface area contributed by atoms with Crippen molar-refractivity contribution in [3.05, 3.63) is 16.5 Å². The van der Waals surface area contributed by atoms with E-state index in [-0.39, 0.29) is 16.9 Å². The average Bonchev–Trinajstić information content (AvgIpc) is 2.87. The second-order valence-electron chi connectivity index (χ2n) is 5.07. The molecule has 1 aliphatic rings. The summed E-state index contributed by atoms with van der Waals surface area (Å²) in [6, 6.07) is 2.96. The Balaban J connectivity index is 1.93. The van der Waals surface area contributed by atoms with Crippen LogP contribution in [0.1, 0.15) is 32.1 Å². The molecule has 1 saturated carbocycles. The van der Waals surface area contributed by atoms with Gasteiger partial charge in [0.25, 0.3) is 10.0 Å². The lowest BCUT2D eigenvalue weighted by atomic mass is 9.98. The summed E-state index contributed by atoms with van der Waals surface area (Å²) in [6.45, 7) is -0.283. The van der Waals surface area contributed by atoms with Gasteiger partial charge in [-0.15, -0.1) is 11.3 Å². The minimum Gasteiger partial charge on any atom is -0.461 e. The molecule has 118 valence electrons. The van der Waals surface area contributed by atoms with Gasteiger partial charge in [0.15, 0.2) is 0 Å². The van der Waals surface area contributed by atoms with Crippen molar-refractivity contribution in [3.63, 3.8) is 0 Å². The van der Waals surface area contributed by atoms with Gasteiger partial charge in [-0.25, -0.2) is 8.42 Å². The predicted molar refractivity (Wildman–Crippen MR) is 82.1 cm³/mol. The van der Waals surface area contributed by atoms with Crippen LogP contribution in [0.25, 0.3) is 0 Å². The van der Waals surface area contributed by atoms with Crippen LogP contribution in [0.15, 0.2) is 16.3 Å². The van der Waals surface area contributed by atoms with E-state index in [0.717, 1.165) is 41.3 Å². The van der Waals surface area contributed by atoms with Crippen LogP contribution in [0.2, 0.25) is 4.34 Å². The maximum atomic E-state index is 12.2. The molecule has 1 aromatic heterocycles. The topological polar surface area (TPSA) is 63.7 Å². The number of sulfonamides is 1. The third kappa shape index (κ3) is 4.42. The number of likely N-dealkylation sites (N-methyl/N-ethyl adjacent to an activating group) is 1. The quantitative estimate of drug-likeness (QED) is 0.765. The Kier molecular flexibility index (Phi) is 5.65. The van der Waals surface area contributed by atoms with Gasteiger partial charge in [-0.2, -0.15) is 4.31 Å². The lowest BCUT2D eigenvalue weighted by Crippen LogP contribution is -2.34. The van der Waals surface area contributed by atoms with E-state index in [1.807, 2.05) is 0 Å². The summed E-state index contributed by atoms with van der Waals surface area (Å²) in [6.07, 6.45) is 4.94. The number of carbonyl (C=O) groups is 1. The zero-order valence-electron chi connectivity index (χ0n) is 11.7. The summed E-state index contributed by atoms with van der Waals surface area (Å²) in [4.78, 5) is 11.9. The first-order chi connectivity index (χ1) is 9.89. The second-order valence-corrected chi connectivity index (χ2v) is 9.06. The lowest BCUT2D eigenvalue weighted by Gasteiger charge is -2.23. The van der Waals surface area contributed by atoms with Crippen LogP contribution in [0, 0.1) is 0 Å². The highest BCUT2D eigenvalue weighted by atomic mass is 35.5. The fourth-order valence-corrected chi connectivity index (χ4v) is 5.07. The summed E-state index contributed by atoms with van der Waals surface area (Å²) < 4.78 is 31.3. The summed E-state index contributed by atoms with van der Waals surface area (Å²) >= 11 is 6.72. The molecule has 0 radical (unpaired) electrons. The fraction of sp³-hybridized carbons (Fsp3) is 0.615. The molecule has 0 aliphatic heterocycles. The number of hydrogen-bond donors (Lipinski definition) is 0. The van der Waals surface area contributed by atoms with E-state index in [2.05, 4.69) is 0 Å². The van der Waals surface area contributed by atoms with Crippen LogP contribution in [0.3, 0.4) is 0 Å². The van der Waals surface area contributed by atoms with E-state index in [4.69, 9.17) is 16.3 Å². The van der Waals surface area contributed by atoms with Gasteiger partial charge in [0.1, 0.15) is 16.9 Å². The first kappa shape index (κ1) is 16.7. The summed E-state index contributed by atoms with van der Waals surface area (Å²) in [5.74, 6) is -0.504. The standard InChI is InChI=1S/C13H18ClNO4S2/c1-15(21(17,18)13-8-7-11(14)20-13)9-12(16)19-10-5-3-2-4-6-10/h7-8,10H,2-6,9H2,1H3. The molecule has 0 atom stereocenters. The van der Waals surface area contributed by atoms with Crippen LogP contribution < -0.4 is 0 Å². The Morgan fingerprint density at radius 2 is 2.05 bits per heavy atom. The molecule has 0 bridgehead atoms. The van der Waals surface area contributed by atoms with Crippen molar-refractivity contribution in [1.82, 2.24) is 4.31 Å². The number of thiophene rings is 1. The van der Waals surface area contributed by atoms with E-state index in [9.17, 15) is 13.2 Å². The van der Waals surface area contributed by atoms with Crippen LogP contribution >= 0.6 is 22.9 Å². The van der Waals surface area contributed by atoms with Crippen molar-refractivity contribution >= 4 is 38.9 Å². The van der Waals surface area contributed by atoms with Gasteiger partial charge in [0, 0.05) is 7.05 Å². The number of hydrogen-bond acceptors (Lipinski definition) is 5. The molecule has 0 saturated heterocycles. The summed E-state index contributed by atoms with van der Waals surface area (Å²) in [5, 5.41) is 0. The van der Waals surface area contributed by atoms with Crippen molar-refractivity contribution < 1.29 is 17.9 Å². The SMILES string of the molecule is CN(CC(=O)OC1CCCCC1)S(=O)(=O)c1ccc(Cl)s1. The normalized spacial score (nSPS) is 17.1. The molecule has 0 amide bonds. The third-order valence-corrected chi connectivity index (χ3v) is 6.92.